The van der Waals surface area contributed by atoms with Crippen molar-refractivity contribution in [1.82, 2.24) is 9.71 Å². The van der Waals surface area contributed by atoms with Crippen molar-refractivity contribution in [2.45, 2.75) is 24.2 Å². The molecule has 0 fully saturated rings. The van der Waals surface area contributed by atoms with Gasteiger partial charge in [0.25, 0.3) is 0 Å². The lowest BCUT2D eigenvalue weighted by molar-refractivity contribution is 0.578. The highest BCUT2D eigenvalue weighted by molar-refractivity contribution is 7.89. The van der Waals surface area contributed by atoms with E-state index in [1.165, 1.54) is 0 Å². The number of amidine groups is 1. The molecule has 1 aromatic heterocycles. The van der Waals surface area contributed by atoms with Crippen LogP contribution in [0.4, 0.5) is 0 Å². The van der Waals surface area contributed by atoms with E-state index < -0.39 is 10.0 Å². The lowest BCUT2D eigenvalue weighted by Gasteiger charge is -2.09. The second-order valence-corrected chi connectivity index (χ2v) is 6.44. The van der Waals surface area contributed by atoms with Gasteiger partial charge in [0.2, 0.25) is 10.0 Å². The zero-order valence-electron chi connectivity index (χ0n) is 11.5. The first-order chi connectivity index (χ1) is 10.0. The van der Waals surface area contributed by atoms with Crippen molar-refractivity contribution in [3.8, 4) is 0 Å². The smallest absolute Gasteiger partial charge is 0.241 e. The number of fused-ring (bicyclic) bond motifs is 1. The first-order valence-electron chi connectivity index (χ1n) is 6.67. The predicted molar refractivity (Wildman–Crippen MR) is 82.7 cm³/mol. The summed E-state index contributed by atoms with van der Waals surface area (Å²) in [5.41, 5.74) is 5.90. The van der Waals surface area contributed by atoms with E-state index >= 15 is 0 Å². The Kier molecular flexibility index (Phi) is 4.87. The number of nitrogens with zero attached hydrogens (tertiary/aromatic N) is 1. The van der Waals surface area contributed by atoms with E-state index in [1.54, 1.807) is 36.5 Å². The highest BCUT2D eigenvalue weighted by atomic mass is 32.2. The highest BCUT2D eigenvalue weighted by Crippen LogP contribution is 2.20. The Bertz CT molecular complexity index is 738. The monoisotopic (exact) mass is 306 g/mol. The molecule has 0 amide bonds. The van der Waals surface area contributed by atoms with Crippen LogP contribution in [-0.4, -0.2) is 25.8 Å². The maximum atomic E-state index is 12.3. The molecule has 7 heteroatoms. The average Bonchev–Trinajstić information content (AvgIpc) is 2.46. The summed E-state index contributed by atoms with van der Waals surface area (Å²) in [5, 5.41) is 7.72. The van der Waals surface area contributed by atoms with Crippen LogP contribution < -0.4 is 10.5 Å². The Morgan fingerprint density at radius 3 is 2.81 bits per heavy atom. The largest absolute Gasteiger partial charge is 0.388 e. The number of nitrogens with two attached hydrogens (primary N) is 1. The van der Waals surface area contributed by atoms with Gasteiger partial charge in [0.1, 0.15) is 0 Å². The molecule has 4 N–H and O–H groups in total. The van der Waals surface area contributed by atoms with Crippen molar-refractivity contribution in [2.75, 3.05) is 6.54 Å². The molecule has 0 aliphatic rings. The molecule has 0 radical (unpaired) electrons. The minimum Gasteiger partial charge on any atom is -0.388 e. The summed E-state index contributed by atoms with van der Waals surface area (Å²) in [6.07, 6.45) is 3.45. The Morgan fingerprint density at radius 2 is 2.05 bits per heavy atom. The van der Waals surface area contributed by atoms with Crippen LogP contribution >= 0.6 is 0 Å². The third-order valence-electron chi connectivity index (χ3n) is 3.06. The average molecular weight is 306 g/mol. The molecule has 0 aliphatic carbocycles. The van der Waals surface area contributed by atoms with Crippen LogP contribution in [0.3, 0.4) is 0 Å². The van der Waals surface area contributed by atoms with Crippen molar-refractivity contribution in [2.24, 2.45) is 5.73 Å². The second-order valence-electron chi connectivity index (χ2n) is 4.71. The van der Waals surface area contributed by atoms with Crippen LogP contribution in [0.2, 0.25) is 0 Å². The summed E-state index contributed by atoms with van der Waals surface area (Å²) in [4.78, 5) is 4.39. The van der Waals surface area contributed by atoms with Gasteiger partial charge in [-0.1, -0.05) is 6.07 Å². The van der Waals surface area contributed by atoms with E-state index in [-0.39, 0.29) is 10.7 Å². The van der Waals surface area contributed by atoms with Crippen LogP contribution in [0.25, 0.3) is 10.9 Å². The lowest BCUT2D eigenvalue weighted by Crippen LogP contribution is -2.25. The molecule has 6 nitrogen and oxygen atoms in total. The third-order valence-corrected chi connectivity index (χ3v) is 4.58. The van der Waals surface area contributed by atoms with Gasteiger partial charge in [0.05, 0.1) is 16.2 Å². The molecule has 1 heterocycles. The summed E-state index contributed by atoms with van der Waals surface area (Å²) in [7, 11) is -3.56. The van der Waals surface area contributed by atoms with Gasteiger partial charge in [0, 0.05) is 24.5 Å². The Hall–Kier alpha value is -1.99. The summed E-state index contributed by atoms with van der Waals surface area (Å²) in [6, 6.07) is 8.49. The van der Waals surface area contributed by atoms with Crippen LogP contribution in [0.5, 0.6) is 0 Å². The Balaban J connectivity index is 2.10. The molecule has 2 aromatic rings. The van der Waals surface area contributed by atoms with Crippen molar-refractivity contribution in [3.05, 3.63) is 36.5 Å². The summed E-state index contributed by atoms with van der Waals surface area (Å²) in [6.45, 7) is 0.326. The van der Waals surface area contributed by atoms with Crippen molar-refractivity contribution >= 4 is 26.8 Å². The fraction of sp³-hybridized carbons (Fsp3) is 0.286. The number of pyridine rings is 1. The van der Waals surface area contributed by atoms with Crippen LogP contribution in [0.1, 0.15) is 19.3 Å². The van der Waals surface area contributed by atoms with Gasteiger partial charge in [-0.15, -0.1) is 0 Å². The van der Waals surface area contributed by atoms with Crippen molar-refractivity contribution in [3.63, 3.8) is 0 Å². The van der Waals surface area contributed by atoms with E-state index in [4.69, 9.17) is 11.1 Å². The molecule has 0 bridgehead atoms. The normalized spacial score (nSPS) is 11.6. The minimum atomic E-state index is -3.56. The van der Waals surface area contributed by atoms with Crippen LogP contribution in [-0.2, 0) is 10.0 Å². The molecule has 2 rings (SSSR count). The number of nitrogens with one attached hydrogen (secondary N) is 2. The number of hydrogen-bond acceptors (Lipinski definition) is 4. The zero-order chi connectivity index (χ0) is 15.3. The SMILES string of the molecule is N=C(N)CCCCNS(=O)(=O)c1cccc2ncccc12. The molecule has 0 spiro atoms. The summed E-state index contributed by atoms with van der Waals surface area (Å²) in [5.74, 6) is 0.123. The molecule has 0 aliphatic heterocycles. The van der Waals surface area contributed by atoms with Gasteiger partial charge >= 0.3 is 0 Å². The van der Waals surface area contributed by atoms with Gasteiger partial charge < -0.3 is 5.73 Å². The zero-order valence-corrected chi connectivity index (χ0v) is 12.4. The first-order valence-corrected chi connectivity index (χ1v) is 8.15. The lowest BCUT2D eigenvalue weighted by atomic mass is 10.2. The molecule has 1 aromatic carbocycles. The van der Waals surface area contributed by atoms with Gasteiger partial charge in [-0.2, -0.15) is 0 Å². The third kappa shape index (κ3) is 3.99. The second kappa shape index (κ2) is 6.64. The minimum absolute atomic E-state index is 0.123. The highest BCUT2D eigenvalue weighted by Gasteiger charge is 2.16. The van der Waals surface area contributed by atoms with E-state index in [0.717, 1.165) is 0 Å². The van der Waals surface area contributed by atoms with Gasteiger partial charge in [-0.05, 0) is 37.1 Å². The summed E-state index contributed by atoms with van der Waals surface area (Å²) >= 11 is 0. The topological polar surface area (TPSA) is 109 Å². The Morgan fingerprint density at radius 1 is 1.24 bits per heavy atom. The molecular weight excluding hydrogens is 288 g/mol. The molecule has 112 valence electrons. The van der Waals surface area contributed by atoms with Crippen LogP contribution in [0.15, 0.2) is 41.4 Å². The van der Waals surface area contributed by atoms with E-state index in [0.29, 0.717) is 36.7 Å². The standard InChI is InChI=1S/C14H18N4O2S/c15-14(16)8-1-2-10-18-21(19,20)13-7-3-6-12-11(13)5-4-9-17-12/h3-7,9,18H,1-2,8,10H2,(H3,15,16). The number of unbranched alkanes of at least 4 members (excludes halogenated alkanes) is 1. The van der Waals surface area contributed by atoms with Crippen molar-refractivity contribution in [1.29, 1.82) is 5.41 Å². The van der Waals surface area contributed by atoms with Gasteiger partial charge in [0.15, 0.2) is 0 Å². The van der Waals surface area contributed by atoms with Crippen LogP contribution in [0, 0.1) is 5.41 Å². The Labute approximate surface area is 123 Å². The first kappa shape index (κ1) is 15.4. The molecule has 0 saturated heterocycles. The number of sulfonamides is 1. The fourth-order valence-electron chi connectivity index (χ4n) is 2.03. The number of benzene rings is 1. The molecular formula is C14H18N4O2S. The number of hydrogen-bond donors (Lipinski definition) is 3. The number of aromatic nitrogens is 1. The number of rotatable bonds is 7. The van der Waals surface area contributed by atoms with E-state index in [9.17, 15) is 8.42 Å². The molecule has 0 unspecified atom stereocenters. The van der Waals surface area contributed by atoms with Crippen molar-refractivity contribution < 1.29 is 8.42 Å². The maximum absolute atomic E-state index is 12.3. The molecule has 0 atom stereocenters. The summed E-state index contributed by atoms with van der Waals surface area (Å²) < 4.78 is 27.2. The molecule has 21 heavy (non-hydrogen) atoms. The predicted octanol–water partition coefficient (Wildman–Crippen LogP) is 1.62. The van der Waals surface area contributed by atoms with Gasteiger partial charge in [-0.25, -0.2) is 13.1 Å². The van der Waals surface area contributed by atoms with E-state index in [2.05, 4.69) is 9.71 Å². The maximum Gasteiger partial charge on any atom is 0.241 e. The van der Waals surface area contributed by atoms with E-state index in [1.807, 2.05) is 0 Å². The molecule has 0 saturated carbocycles. The van der Waals surface area contributed by atoms with Gasteiger partial charge in [-0.3, -0.25) is 10.4 Å². The fourth-order valence-corrected chi connectivity index (χ4v) is 3.32. The quantitative estimate of drug-likeness (QED) is 0.410.